The highest BCUT2D eigenvalue weighted by Gasteiger charge is 2.24. The number of allylic oxidation sites excluding steroid dienone is 1. The molecule has 0 aliphatic heterocycles. The number of esters is 1. The van der Waals surface area contributed by atoms with Gasteiger partial charge in [0.2, 0.25) is 0 Å². The molecule has 0 fully saturated rings. The number of hydrogen-bond donors (Lipinski definition) is 0. The van der Waals surface area contributed by atoms with E-state index in [1.54, 1.807) is 6.08 Å². The van der Waals surface area contributed by atoms with E-state index >= 15 is 0 Å². The highest BCUT2D eigenvalue weighted by molar-refractivity contribution is 5.73. The predicted molar refractivity (Wildman–Crippen MR) is 63.6 cm³/mol. The molecule has 0 saturated carbocycles. The molecule has 0 radical (unpaired) electrons. The van der Waals surface area contributed by atoms with Crippen molar-refractivity contribution >= 4 is 5.97 Å². The van der Waals surface area contributed by atoms with Crippen molar-refractivity contribution in [3.63, 3.8) is 0 Å². The second-order valence-corrected chi connectivity index (χ2v) is 5.38. The molecule has 0 aromatic carbocycles. The van der Waals surface area contributed by atoms with E-state index in [9.17, 15) is 4.79 Å². The monoisotopic (exact) mass is 212 g/mol. The molecule has 0 amide bonds. The zero-order valence-electron chi connectivity index (χ0n) is 10.7. The summed E-state index contributed by atoms with van der Waals surface area (Å²) in [6.07, 6.45) is 3.35. The lowest BCUT2D eigenvalue weighted by Gasteiger charge is -2.24. The topological polar surface area (TPSA) is 26.3 Å². The molecule has 0 aromatic rings. The molecule has 0 spiro atoms. The van der Waals surface area contributed by atoms with Crippen molar-refractivity contribution in [2.75, 3.05) is 0 Å². The molecule has 0 aromatic heterocycles. The maximum atomic E-state index is 11.8. The van der Waals surface area contributed by atoms with E-state index in [1.165, 1.54) is 0 Å². The highest BCUT2D eigenvalue weighted by atomic mass is 16.6. The first-order valence-corrected chi connectivity index (χ1v) is 5.60. The van der Waals surface area contributed by atoms with Crippen LogP contribution in [0.2, 0.25) is 0 Å². The van der Waals surface area contributed by atoms with Gasteiger partial charge < -0.3 is 4.74 Å². The van der Waals surface area contributed by atoms with Crippen LogP contribution >= 0.6 is 0 Å². The number of carbonyl (C=O) groups is 1. The molecule has 0 aliphatic rings. The van der Waals surface area contributed by atoms with E-state index in [2.05, 4.69) is 20.4 Å². The molecule has 0 heterocycles. The second kappa shape index (κ2) is 5.94. The maximum Gasteiger partial charge on any atom is 0.309 e. The molecule has 0 saturated heterocycles. The molecule has 88 valence electrons. The van der Waals surface area contributed by atoms with Crippen molar-refractivity contribution in [2.45, 2.75) is 53.1 Å². The van der Waals surface area contributed by atoms with Gasteiger partial charge in [-0.1, -0.05) is 19.9 Å². The molecule has 0 N–H and O–H groups in total. The summed E-state index contributed by atoms with van der Waals surface area (Å²) in [6, 6.07) is 0. The van der Waals surface area contributed by atoms with Gasteiger partial charge >= 0.3 is 5.97 Å². The van der Waals surface area contributed by atoms with Gasteiger partial charge in [0, 0.05) is 0 Å². The van der Waals surface area contributed by atoms with Crippen molar-refractivity contribution in [1.29, 1.82) is 0 Å². The number of rotatable bonds is 5. The molecular formula is C13H24O2. The van der Waals surface area contributed by atoms with Crippen LogP contribution in [0.3, 0.4) is 0 Å². The fourth-order valence-electron chi connectivity index (χ4n) is 1.44. The summed E-state index contributed by atoms with van der Waals surface area (Å²) in [7, 11) is 0. The van der Waals surface area contributed by atoms with E-state index in [0.29, 0.717) is 12.3 Å². The summed E-state index contributed by atoms with van der Waals surface area (Å²) in [6.45, 7) is 13.6. The van der Waals surface area contributed by atoms with Crippen molar-refractivity contribution < 1.29 is 9.53 Å². The van der Waals surface area contributed by atoms with Crippen LogP contribution in [0.4, 0.5) is 0 Å². The van der Waals surface area contributed by atoms with Gasteiger partial charge in [-0.25, -0.2) is 0 Å². The third-order valence-electron chi connectivity index (χ3n) is 1.95. The molecule has 1 unspecified atom stereocenters. The minimum Gasteiger partial charge on any atom is -0.460 e. The first kappa shape index (κ1) is 14.2. The standard InChI is InChI=1S/C13H24O2/c1-7-8-11(9-10(2)3)12(14)15-13(4,5)6/h7,10-11H,1,8-9H2,2-6H3. The lowest BCUT2D eigenvalue weighted by molar-refractivity contribution is -0.160. The van der Waals surface area contributed by atoms with Gasteiger partial charge in [0.25, 0.3) is 0 Å². The lowest BCUT2D eigenvalue weighted by atomic mass is 9.94. The zero-order chi connectivity index (χ0) is 12.1. The van der Waals surface area contributed by atoms with Crippen LogP contribution in [0, 0.1) is 11.8 Å². The third kappa shape index (κ3) is 7.18. The first-order chi connectivity index (χ1) is 6.76. The van der Waals surface area contributed by atoms with E-state index in [-0.39, 0.29) is 11.9 Å². The van der Waals surface area contributed by atoms with Crippen LogP contribution < -0.4 is 0 Å². The van der Waals surface area contributed by atoms with Crippen LogP contribution in [-0.4, -0.2) is 11.6 Å². The number of carbonyl (C=O) groups excluding carboxylic acids is 1. The van der Waals surface area contributed by atoms with Gasteiger partial charge in [-0.15, -0.1) is 6.58 Å². The molecular weight excluding hydrogens is 188 g/mol. The second-order valence-electron chi connectivity index (χ2n) is 5.38. The Morgan fingerprint density at radius 3 is 2.27 bits per heavy atom. The van der Waals surface area contributed by atoms with E-state index in [4.69, 9.17) is 4.74 Å². The Labute approximate surface area is 93.7 Å². The van der Waals surface area contributed by atoms with E-state index in [0.717, 1.165) is 6.42 Å². The third-order valence-corrected chi connectivity index (χ3v) is 1.95. The molecule has 0 rings (SSSR count). The molecule has 2 heteroatoms. The summed E-state index contributed by atoms with van der Waals surface area (Å²) in [5.41, 5.74) is -0.395. The van der Waals surface area contributed by atoms with Crippen LogP contribution in [0.5, 0.6) is 0 Å². The molecule has 0 aliphatic carbocycles. The molecule has 15 heavy (non-hydrogen) atoms. The smallest absolute Gasteiger partial charge is 0.309 e. The Bertz CT molecular complexity index is 211. The Hall–Kier alpha value is -0.790. The minimum absolute atomic E-state index is 0.0401. The SMILES string of the molecule is C=CCC(CC(C)C)C(=O)OC(C)(C)C. The largest absolute Gasteiger partial charge is 0.460 e. The lowest BCUT2D eigenvalue weighted by Crippen LogP contribution is -2.29. The van der Waals surface area contributed by atoms with Gasteiger partial charge in [0.1, 0.15) is 5.60 Å². The highest BCUT2D eigenvalue weighted by Crippen LogP contribution is 2.20. The normalized spacial score (nSPS) is 13.7. The zero-order valence-corrected chi connectivity index (χ0v) is 10.7. The van der Waals surface area contributed by atoms with Crippen LogP contribution in [0.15, 0.2) is 12.7 Å². The van der Waals surface area contributed by atoms with Gasteiger partial charge in [0.15, 0.2) is 0 Å². The molecule has 1 atom stereocenters. The summed E-state index contributed by atoms with van der Waals surface area (Å²) in [5.74, 6) is 0.361. The summed E-state index contributed by atoms with van der Waals surface area (Å²) in [5, 5.41) is 0. The van der Waals surface area contributed by atoms with Crippen molar-refractivity contribution in [1.82, 2.24) is 0 Å². The fraction of sp³-hybridized carbons (Fsp3) is 0.769. The van der Waals surface area contributed by atoms with Gasteiger partial charge in [-0.3, -0.25) is 4.79 Å². The van der Waals surface area contributed by atoms with Gasteiger partial charge in [0.05, 0.1) is 5.92 Å². The van der Waals surface area contributed by atoms with Gasteiger partial charge in [-0.2, -0.15) is 0 Å². The summed E-state index contributed by atoms with van der Waals surface area (Å²) >= 11 is 0. The van der Waals surface area contributed by atoms with Crippen LogP contribution in [0.25, 0.3) is 0 Å². The van der Waals surface area contributed by atoms with Crippen molar-refractivity contribution in [3.8, 4) is 0 Å². The Kier molecular flexibility index (Phi) is 5.63. The average molecular weight is 212 g/mol. The Morgan fingerprint density at radius 1 is 1.40 bits per heavy atom. The fourth-order valence-corrected chi connectivity index (χ4v) is 1.44. The Balaban J connectivity index is 4.35. The Morgan fingerprint density at radius 2 is 1.93 bits per heavy atom. The predicted octanol–water partition coefficient (Wildman–Crippen LogP) is 3.57. The quantitative estimate of drug-likeness (QED) is 0.514. The minimum atomic E-state index is -0.395. The van der Waals surface area contributed by atoms with Gasteiger partial charge in [-0.05, 0) is 39.5 Å². The average Bonchev–Trinajstić information content (AvgIpc) is 1.99. The van der Waals surface area contributed by atoms with Crippen molar-refractivity contribution in [3.05, 3.63) is 12.7 Å². The molecule has 0 bridgehead atoms. The number of hydrogen-bond acceptors (Lipinski definition) is 2. The summed E-state index contributed by atoms with van der Waals surface area (Å²) < 4.78 is 5.37. The molecule has 2 nitrogen and oxygen atoms in total. The number of ether oxygens (including phenoxy) is 1. The summed E-state index contributed by atoms with van der Waals surface area (Å²) in [4.78, 5) is 11.8. The van der Waals surface area contributed by atoms with Crippen molar-refractivity contribution in [2.24, 2.45) is 11.8 Å². The van der Waals surface area contributed by atoms with Crippen LogP contribution in [0.1, 0.15) is 47.5 Å². The first-order valence-electron chi connectivity index (χ1n) is 5.60. The van der Waals surface area contributed by atoms with Crippen LogP contribution in [-0.2, 0) is 9.53 Å². The van der Waals surface area contributed by atoms with E-state index in [1.807, 2.05) is 20.8 Å². The maximum absolute atomic E-state index is 11.8. The van der Waals surface area contributed by atoms with E-state index < -0.39 is 5.60 Å².